The summed E-state index contributed by atoms with van der Waals surface area (Å²) in [7, 11) is 0. The maximum atomic E-state index is 5.71. The lowest BCUT2D eigenvalue weighted by molar-refractivity contribution is 0.179. The van der Waals surface area contributed by atoms with E-state index in [4.69, 9.17) is 18.9 Å². The predicted molar refractivity (Wildman–Crippen MR) is 90.6 cm³/mol. The van der Waals surface area contributed by atoms with Crippen molar-refractivity contribution in [3.05, 3.63) is 59.7 Å². The van der Waals surface area contributed by atoms with Gasteiger partial charge in [0.25, 0.3) is 0 Å². The summed E-state index contributed by atoms with van der Waals surface area (Å²) in [5.74, 6) is 1.74. The first-order valence-corrected chi connectivity index (χ1v) is 8.35. The van der Waals surface area contributed by atoms with E-state index in [1.165, 1.54) is 11.1 Å². The van der Waals surface area contributed by atoms with Crippen LogP contribution in [0, 0.1) is 0 Å². The molecule has 2 heterocycles. The monoisotopic (exact) mass is 326 g/mol. The highest BCUT2D eigenvalue weighted by atomic mass is 16.8. The number of epoxide rings is 2. The Hall–Kier alpha value is -2.04. The van der Waals surface area contributed by atoms with Crippen LogP contribution in [0.4, 0.5) is 0 Å². The van der Waals surface area contributed by atoms with E-state index in [1.54, 1.807) is 0 Å². The third kappa shape index (κ3) is 3.55. The molecule has 24 heavy (non-hydrogen) atoms. The van der Waals surface area contributed by atoms with Crippen LogP contribution in [0.2, 0.25) is 0 Å². The smallest absolute Gasteiger partial charge is 0.223 e. The summed E-state index contributed by atoms with van der Waals surface area (Å²) < 4.78 is 21.6. The zero-order valence-corrected chi connectivity index (χ0v) is 14.0. The second-order valence-electron chi connectivity index (χ2n) is 6.82. The van der Waals surface area contributed by atoms with Gasteiger partial charge in [-0.3, -0.25) is 0 Å². The van der Waals surface area contributed by atoms with Gasteiger partial charge < -0.3 is 18.9 Å². The van der Waals surface area contributed by atoms with E-state index >= 15 is 0 Å². The van der Waals surface area contributed by atoms with Crippen molar-refractivity contribution < 1.29 is 18.9 Å². The van der Waals surface area contributed by atoms with Gasteiger partial charge in [-0.25, -0.2) is 0 Å². The van der Waals surface area contributed by atoms with Crippen LogP contribution in [0.25, 0.3) is 0 Å². The summed E-state index contributed by atoms with van der Waals surface area (Å²) in [6.07, 6.45) is 0.223. The lowest BCUT2D eigenvalue weighted by Gasteiger charge is -2.26. The Morgan fingerprint density at radius 2 is 1.42 bits per heavy atom. The molecule has 126 valence electrons. The molecule has 2 fully saturated rings. The van der Waals surface area contributed by atoms with Crippen molar-refractivity contribution >= 4 is 0 Å². The van der Waals surface area contributed by atoms with Crippen molar-refractivity contribution in [2.75, 3.05) is 19.8 Å². The third-order valence-corrected chi connectivity index (χ3v) is 4.56. The molecule has 2 unspecified atom stereocenters. The number of hydrogen-bond acceptors (Lipinski definition) is 4. The standard InChI is InChI=1S/C20H22O4/c1-20(2,15-5-9-17(10-6-15)24-19-13-23-19)14-3-7-16(8-4-14)21-11-18-12-22-18/h3-10,18-19H,11-13H2,1-2H3. The van der Waals surface area contributed by atoms with Gasteiger partial charge >= 0.3 is 0 Å². The molecule has 0 N–H and O–H groups in total. The fraction of sp³-hybridized carbons (Fsp3) is 0.400. The Bertz CT molecular complexity index is 683. The van der Waals surface area contributed by atoms with Gasteiger partial charge in [-0.15, -0.1) is 0 Å². The molecule has 0 spiro atoms. The SMILES string of the molecule is CC(C)(c1ccc(OCC2CO2)cc1)c1ccc(OC2CO2)cc1. The maximum absolute atomic E-state index is 5.71. The summed E-state index contributed by atoms with van der Waals surface area (Å²) in [4.78, 5) is 0. The second kappa shape index (κ2) is 6.11. The van der Waals surface area contributed by atoms with E-state index in [2.05, 4.69) is 38.1 Å². The highest BCUT2D eigenvalue weighted by molar-refractivity contribution is 5.41. The van der Waals surface area contributed by atoms with E-state index in [1.807, 2.05) is 24.3 Å². The van der Waals surface area contributed by atoms with Gasteiger partial charge in [0.1, 0.15) is 30.8 Å². The van der Waals surface area contributed by atoms with Crippen molar-refractivity contribution in [1.29, 1.82) is 0 Å². The van der Waals surface area contributed by atoms with Crippen molar-refractivity contribution in [3.8, 4) is 11.5 Å². The Morgan fingerprint density at radius 1 is 0.875 bits per heavy atom. The predicted octanol–water partition coefficient (Wildman–Crippen LogP) is 3.53. The van der Waals surface area contributed by atoms with Crippen LogP contribution in [0.3, 0.4) is 0 Å². The summed E-state index contributed by atoms with van der Waals surface area (Å²) >= 11 is 0. The van der Waals surface area contributed by atoms with Crippen molar-refractivity contribution in [3.63, 3.8) is 0 Å². The molecule has 2 saturated heterocycles. The number of rotatable bonds is 7. The number of benzene rings is 2. The first-order chi connectivity index (χ1) is 11.6. The summed E-state index contributed by atoms with van der Waals surface area (Å²) in [6, 6.07) is 16.6. The van der Waals surface area contributed by atoms with Crippen molar-refractivity contribution in [2.45, 2.75) is 31.7 Å². The molecular weight excluding hydrogens is 304 g/mol. The van der Waals surface area contributed by atoms with Crippen LogP contribution in [0.5, 0.6) is 11.5 Å². The van der Waals surface area contributed by atoms with Crippen molar-refractivity contribution in [1.82, 2.24) is 0 Å². The Morgan fingerprint density at radius 3 is 1.92 bits per heavy atom. The Kier molecular flexibility index (Phi) is 3.94. The first kappa shape index (κ1) is 15.5. The van der Waals surface area contributed by atoms with E-state index in [9.17, 15) is 0 Å². The third-order valence-electron chi connectivity index (χ3n) is 4.56. The first-order valence-electron chi connectivity index (χ1n) is 8.35. The number of ether oxygens (including phenoxy) is 4. The Balaban J connectivity index is 1.45. The van der Waals surface area contributed by atoms with Crippen LogP contribution < -0.4 is 9.47 Å². The minimum Gasteiger partial charge on any atom is -0.491 e. The quantitative estimate of drug-likeness (QED) is 0.730. The molecule has 0 radical (unpaired) electrons. The molecule has 0 amide bonds. The average molecular weight is 326 g/mol. The zero-order valence-electron chi connectivity index (χ0n) is 14.0. The molecule has 0 aliphatic carbocycles. The minimum absolute atomic E-state index is 0.0579. The second-order valence-corrected chi connectivity index (χ2v) is 6.82. The fourth-order valence-corrected chi connectivity index (χ4v) is 2.70. The van der Waals surface area contributed by atoms with Crippen LogP contribution in [0.1, 0.15) is 25.0 Å². The molecular formula is C20H22O4. The summed E-state index contributed by atoms with van der Waals surface area (Å²) in [6.45, 7) is 6.59. The molecule has 0 saturated carbocycles. The minimum atomic E-state index is -0.0905. The summed E-state index contributed by atoms with van der Waals surface area (Å²) in [5.41, 5.74) is 2.40. The molecule has 4 nitrogen and oxygen atoms in total. The lowest BCUT2D eigenvalue weighted by Crippen LogP contribution is -2.18. The van der Waals surface area contributed by atoms with E-state index in [-0.39, 0.29) is 17.8 Å². The molecule has 2 aromatic rings. The van der Waals surface area contributed by atoms with Gasteiger partial charge in [0.2, 0.25) is 6.29 Å². The van der Waals surface area contributed by atoms with Gasteiger partial charge in [-0.1, -0.05) is 38.1 Å². The molecule has 2 atom stereocenters. The largest absolute Gasteiger partial charge is 0.491 e. The zero-order chi connectivity index (χ0) is 16.6. The van der Waals surface area contributed by atoms with E-state index < -0.39 is 0 Å². The highest BCUT2D eigenvalue weighted by Crippen LogP contribution is 2.33. The number of hydrogen-bond donors (Lipinski definition) is 0. The van der Waals surface area contributed by atoms with Crippen molar-refractivity contribution in [2.24, 2.45) is 0 Å². The molecule has 2 aliphatic heterocycles. The highest BCUT2D eigenvalue weighted by Gasteiger charge is 2.26. The molecule has 2 aromatic carbocycles. The van der Waals surface area contributed by atoms with Crippen LogP contribution in [-0.2, 0) is 14.9 Å². The Labute approximate surface area is 142 Å². The van der Waals surface area contributed by atoms with E-state index in [0.717, 1.165) is 18.1 Å². The van der Waals surface area contributed by atoms with Crippen LogP contribution in [-0.4, -0.2) is 32.2 Å². The molecule has 0 aromatic heterocycles. The summed E-state index contributed by atoms with van der Waals surface area (Å²) in [5, 5.41) is 0. The maximum Gasteiger partial charge on any atom is 0.223 e. The van der Waals surface area contributed by atoms with Gasteiger partial charge in [-0.2, -0.15) is 0 Å². The van der Waals surface area contributed by atoms with Gasteiger partial charge in [-0.05, 0) is 35.4 Å². The molecule has 2 aliphatic rings. The topological polar surface area (TPSA) is 43.5 Å². The van der Waals surface area contributed by atoms with Gasteiger partial charge in [0, 0.05) is 5.41 Å². The van der Waals surface area contributed by atoms with Crippen LogP contribution >= 0.6 is 0 Å². The fourth-order valence-electron chi connectivity index (χ4n) is 2.70. The van der Waals surface area contributed by atoms with E-state index in [0.29, 0.717) is 13.2 Å². The molecule has 0 bridgehead atoms. The van der Waals surface area contributed by atoms with Gasteiger partial charge in [0.15, 0.2) is 0 Å². The average Bonchev–Trinajstić information content (AvgIpc) is 3.49. The normalized spacial score (nSPS) is 22.1. The molecule has 4 rings (SSSR count). The van der Waals surface area contributed by atoms with Gasteiger partial charge in [0.05, 0.1) is 6.61 Å². The lowest BCUT2D eigenvalue weighted by atomic mass is 9.78. The van der Waals surface area contributed by atoms with Crippen LogP contribution in [0.15, 0.2) is 48.5 Å². The molecule has 4 heteroatoms.